The molecule has 0 spiro atoms. The maximum atomic E-state index is 14.2. The molecule has 158 valence electrons. The number of amides is 1. The molecule has 1 N–H and O–H groups in total. The second-order valence-corrected chi connectivity index (χ2v) is 8.31. The van der Waals surface area contributed by atoms with Gasteiger partial charge < -0.3 is 14.6 Å². The zero-order valence-corrected chi connectivity index (χ0v) is 17.4. The Hall–Kier alpha value is -2.44. The van der Waals surface area contributed by atoms with E-state index in [0.29, 0.717) is 5.92 Å². The van der Waals surface area contributed by atoms with Crippen molar-refractivity contribution in [2.24, 2.45) is 5.92 Å². The largest absolute Gasteiger partial charge is 0.491 e. The number of ether oxygens (including phenoxy) is 1. The smallest absolute Gasteiger partial charge is 0.256 e. The van der Waals surface area contributed by atoms with Crippen molar-refractivity contribution in [3.8, 4) is 5.75 Å². The molecule has 1 aromatic heterocycles. The van der Waals surface area contributed by atoms with Gasteiger partial charge in [-0.05, 0) is 38.2 Å². The molecule has 0 unspecified atom stereocenters. The van der Waals surface area contributed by atoms with E-state index in [0.717, 1.165) is 38.2 Å². The number of rotatable bonds is 8. The predicted molar refractivity (Wildman–Crippen MR) is 109 cm³/mol. The minimum Gasteiger partial charge on any atom is -0.491 e. The van der Waals surface area contributed by atoms with Crippen LogP contribution < -0.4 is 15.5 Å². The van der Waals surface area contributed by atoms with Gasteiger partial charge in [0.1, 0.15) is 5.56 Å². The number of fused-ring (bicyclic) bond motifs is 1. The van der Waals surface area contributed by atoms with Crippen LogP contribution in [0.25, 0.3) is 10.9 Å². The van der Waals surface area contributed by atoms with Gasteiger partial charge in [0.25, 0.3) is 5.91 Å². The van der Waals surface area contributed by atoms with Crippen molar-refractivity contribution in [3.63, 3.8) is 0 Å². The predicted octanol–water partition coefficient (Wildman–Crippen LogP) is 4.57. The van der Waals surface area contributed by atoms with E-state index in [2.05, 4.69) is 19.2 Å². The Bertz CT molecular complexity index is 980. The summed E-state index contributed by atoms with van der Waals surface area (Å²) in [6, 6.07) is 0.800. The van der Waals surface area contributed by atoms with Gasteiger partial charge in [-0.15, -0.1) is 0 Å². The van der Waals surface area contributed by atoms with Crippen LogP contribution in [0.15, 0.2) is 17.1 Å². The molecule has 1 atom stereocenters. The lowest BCUT2D eigenvalue weighted by atomic mass is 10.0. The average Bonchev–Trinajstić information content (AvgIpc) is 3.48. The number of halogens is 2. The van der Waals surface area contributed by atoms with E-state index in [1.165, 1.54) is 13.3 Å². The molecule has 1 fully saturated rings. The maximum absolute atomic E-state index is 14.2. The number of benzene rings is 1. The lowest BCUT2D eigenvalue weighted by Crippen LogP contribution is -2.36. The maximum Gasteiger partial charge on any atom is 0.256 e. The van der Waals surface area contributed by atoms with E-state index >= 15 is 0 Å². The second-order valence-electron chi connectivity index (χ2n) is 8.31. The van der Waals surface area contributed by atoms with Crippen molar-refractivity contribution < 1.29 is 18.3 Å². The molecular weight excluding hydrogens is 378 g/mol. The van der Waals surface area contributed by atoms with Crippen molar-refractivity contribution in [3.05, 3.63) is 39.7 Å². The van der Waals surface area contributed by atoms with Crippen LogP contribution in [0.4, 0.5) is 8.78 Å². The van der Waals surface area contributed by atoms with Crippen LogP contribution in [0.5, 0.6) is 5.75 Å². The topological polar surface area (TPSA) is 60.3 Å². The molecule has 1 heterocycles. The van der Waals surface area contributed by atoms with Crippen molar-refractivity contribution in [1.82, 2.24) is 9.88 Å². The van der Waals surface area contributed by atoms with Gasteiger partial charge in [-0.25, -0.2) is 4.39 Å². The van der Waals surface area contributed by atoms with Crippen LogP contribution >= 0.6 is 0 Å². The van der Waals surface area contributed by atoms with E-state index in [1.807, 2.05) is 6.92 Å². The third-order valence-corrected chi connectivity index (χ3v) is 5.35. The molecule has 3 rings (SSSR count). The number of carbonyl (C=O) groups excluding carboxylic acids is 1. The van der Waals surface area contributed by atoms with E-state index in [9.17, 15) is 18.4 Å². The Morgan fingerprint density at radius 1 is 1.28 bits per heavy atom. The fourth-order valence-corrected chi connectivity index (χ4v) is 3.62. The van der Waals surface area contributed by atoms with Gasteiger partial charge in [-0.1, -0.05) is 26.7 Å². The number of hydrogen-bond donors (Lipinski definition) is 1. The summed E-state index contributed by atoms with van der Waals surface area (Å²) >= 11 is 0. The quantitative estimate of drug-likeness (QED) is 0.699. The number of carbonyl (C=O) groups is 1. The van der Waals surface area contributed by atoms with Crippen molar-refractivity contribution in [2.45, 2.75) is 65.0 Å². The van der Waals surface area contributed by atoms with Gasteiger partial charge in [-0.2, -0.15) is 4.39 Å². The Balaban J connectivity index is 1.99. The Morgan fingerprint density at radius 2 is 1.97 bits per heavy atom. The second kappa shape index (κ2) is 8.51. The van der Waals surface area contributed by atoms with Crippen LogP contribution in [0.2, 0.25) is 0 Å². The number of nitrogens with zero attached hydrogens (tertiary/aromatic N) is 1. The lowest BCUT2D eigenvalue weighted by molar-refractivity contribution is 0.0936. The molecule has 1 saturated carbocycles. The fourth-order valence-electron chi connectivity index (χ4n) is 3.62. The minimum absolute atomic E-state index is 0.0341. The van der Waals surface area contributed by atoms with Gasteiger partial charge in [0.15, 0.2) is 11.6 Å². The molecule has 1 amide bonds. The summed E-state index contributed by atoms with van der Waals surface area (Å²) in [5, 5.41) is 2.82. The molecule has 7 heteroatoms. The van der Waals surface area contributed by atoms with Crippen LogP contribution in [0, 0.1) is 17.6 Å². The SMILES string of the molecule is COc1c(F)c(F)cc2c(=O)c(C(=O)N[C@H](C)CCCC(C)C)cn(C3CC3)c12. The van der Waals surface area contributed by atoms with Crippen molar-refractivity contribution >= 4 is 16.8 Å². The molecule has 1 aromatic carbocycles. The van der Waals surface area contributed by atoms with E-state index in [4.69, 9.17) is 4.74 Å². The van der Waals surface area contributed by atoms with Crippen molar-refractivity contribution in [1.29, 1.82) is 0 Å². The summed E-state index contributed by atoms with van der Waals surface area (Å²) in [5.74, 6) is -2.52. The normalized spacial score (nSPS) is 15.0. The third kappa shape index (κ3) is 4.43. The van der Waals surface area contributed by atoms with E-state index in [-0.39, 0.29) is 34.3 Å². The van der Waals surface area contributed by atoms with Gasteiger partial charge in [0.05, 0.1) is 18.0 Å². The van der Waals surface area contributed by atoms with Gasteiger partial charge in [-0.3, -0.25) is 9.59 Å². The lowest BCUT2D eigenvalue weighted by Gasteiger charge is -2.18. The summed E-state index contributed by atoms with van der Waals surface area (Å²) in [5.41, 5.74) is -0.491. The standard InChI is InChI=1S/C22H28F2N2O3/c1-12(2)6-5-7-13(3)25-22(28)16-11-26(14-8-9-14)19-15(20(16)27)10-17(23)18(24)21(19)29-4/h10-14H,5-9H2,1-4H3,(H,25,28)/t13-/m1/s1. The molecule has 0 radical (unpaired) electrons. The van der Waals surface area contributed by atoms with Crippen molar-refractivity contribution in [2.75, 3.05) is 7.11 Å². The van der Waals surface area contributed by atoms with E-state index < -0.39 is 23.0 Å². The molecule has 0 aliphatic heterocycles. The Morgan fingerprint density at radius 3 is 2.55 bits per heavy atom. The highest BCUT2D eigenvalue weighted by atomic mass is 19.2. The van der Waals surface area contributed by atoms with Gasteiger partial charge in [0, 0.05) is 18.3 Å². The first-order chi connectivity index (χ1) is 13.7. The first-order valence-corrected chi connectivity index (χ1v) is 10.2. The summed E-state index contributed by atoms with van der Waals surface area (Å²) in [4.78, 5) is 25.8. The van der Waals surface area contributed by atoms with Gasteiger partial charge >= 0.3 is 0 Å². The molecule has 1 aliphatic rings. The molecule has 29 heavy (non-hydrogen) atoms. The number of hydrogen-bond acceptors (Lipinski definition) is 3. The number of nitrogens with one attached hydrogen (secondary N) is 1. The van der Waals surface area contributed by atoms with Crippen LogP contribution in [-0.2, 0) is 0 Å². The zero-order chi connectivity index (χ0) is 21.3. The molecule has 0 bridgehead atoms. The molecule has 5 nitrogen and oxygen atoms in total. The molecular formula is C22H28F2N2O3. The zero-order valence-electron chi connectivity index (χ0n) is 17.4. The first kappa shape index (κ1) is 21.3. The molecule has 0 saturated heterocycles. The minimum atomic E-state index is -1.17. The number of pyridine rings is 1. The number of aromatic nitrogens is 1. The molecule has 1 aliphatic carbocycles. The fraction of sp³-hybridized carbons (Fsp3) is 0.545. The van der Waals surface area contributed by atoms with E-state index in [1.54, 1.807) is 4.57 Å². The first-order valence-electron chi connectivity index (χ1n) is 10.2. The Labute approximate surface area is 169 Å². The summed E-state index contributed by atoms with van der Waals surface area (Å²) in [6.45, 7) is 6.20. The average molecular weight is 406 g/mol. The highest BCUT2D eigenvalue weighted by molar-refractivity contribution is 5.98. The third-order valence-electron chi connectivity index (χ3n) is 5.35. The Kier molecular flexibility index (Phi) is 6.24. The monoisotopic (exact) mass is 406 g/mol. The highest BCUT2D eigenvalue weighted by Crippen LogP contribution is 2.40. The summed E-state index contributed by atoms with van der Waals surface area (Å²) in [7, 11) is 1.23. The molecule has 2 aromatic rings. The van der Waals surface area contributed by atoms with Crippen LogP contribution in [0.3, 0.4) is 0 Å². The summed E-state index contributed by atoms with van der Waals surface area (Å²) in [6.07, 6.45) is 5.99. The van der Waals surface area contributed by atoms with Gasteiger partial charge in [0.2, 0.25) is 11.2 Å². The van der Waals surface area contributed by atoms with Crippen LogP contribution in [0.1, 0.15) is 69.3 Å². The highest BCUT2D eigenvalue weighted by Gasteiger charge is 2.30. The number of methoxy groups -OCH3 is 1. The summed E-state index contributed by atoms with van der Waals surface area (Å²) < 4.78 is 35.1. The van der Waals surface area contributed by atoms with Crippen LogP contribution in [-0.4, -0.2) is 23.6 Å².